The van der Waals surface area contributed by atoms with E-state index in [1.165, 1.54) is 37.7 Å². The van der Waals surface area contributed by atoms with E-state index in [1.54, 1.807) is 0 Å². The largest absolute Gasteiger partial charge is 0.340 e. The lowest BCUT2D eigenvalue weighted by atomic mass is 9.87. The van der Waals surface area contributed by atoms with E-state index in [0.717, 1.165) is 13.0 Å². The second-order valence-electron chi connectivity index (χ2n) is 6.69. The first-order valence-electron chi connectivity index (χ1n) is 8.32. The van der Waals surface area contributed by atoms with Gasteiger partial charge in [0, 0.05) is 31.5 Å². The van der Waals surface area contributed by atoms with Crippen LogP contribution in [-0.4, -0.2) is 29.9 Å². The molecule has 0 bridgehead atoms. The minimum absolute atomic E-state index is 0. The van der Waals surface area contributed by atoms with Crippen LogP contribution in [0, 0.1) is 5.92 Å². The summed E-state index contributed by atoms with van der Waals surface area (Å²) in [6, 6.07) is 10.4. The lowest BCUT2D eigenvalue weighted by Gasteiger charge is -2.24. The summed E-state index contributed by atoms with van der Waals surface area (Å²) in [5, 5.41) is 0. The molecule has 2 aliphatic rings. The Morgan fingerprint density at radius 2 is 1.77 bits per heavy atom. The second-order valence-corrected chi connectivity index (χ2v) is 6.69. The number of nitrogens with two attached hydrogens (primary N) is 1. The van der Waals surface area contributed by atoms with Crippen LogP contribution in [0.1, 0.15) is 50.0 Å². The van der Waals surface area contributed by atoms with E-state index in [4.69, 9.17) is 5.73 Å². The molecule has 1 heterocycles. The van der Waals surface area contributed by atoms with E-state index in [1.807, 2.05) is 11.0 Å². The zero-order valence-electron chi connectivity index (χ0n) is 13.1. The highest BCUT2D eigenvalue weighted by Crippen LogP contribution is 2.30. The van der Waals surface area contributed by atoms with Crippen molar-refractivity contribution in [1.82, 2.24) is 4.90 Å². The number of rotatable bonds is 3. The van der Waals surface area contributed by atoms with Gasteiger partial charge in [0.2, 0.25) is 5.91 Å². The molecule has 0 spiro atoms. The topological polar surface area (TPSA) is 46.3 Å². The monoisotopic (exact) mass is 322 g/mol. The van der Waals surface area contributed by atoms with E-state index < -0.39 is 0 Å². The van der Waals surface area contributed by atoms with Gasteiger partial charge in [-0.15, -0.1) is 12.4 Å². The van der Waals surface area contributed by atoms with Crippen LogP contribution in [0.15, 0.2) is 30.3 Å². The van der Waals surface area contributed by atoms with E-state index in [9.17, 15) is 4.79 Å². The smallest absolute Gasteiger partial charge is 0.222 e. The van der Waals surface area contributed by atoms with Gasteiger partial charge in [-0.05, 0) is 24.3 Å². The predicted molar refractivity (Wildman–Crippen MR) is 92.2 cm³/mol. The summed E-state index contributed by atoms with van der Waals surface area (Å²) in [6.45, 7) is 1.50. The first kappa shape index (κ1) is 17.3. The van der Waals surface area contributed by atoms with Gasteiger partial charge in [0.1, 0.15) is 0 Å². The normalized spacial score (nSPS) is 25.8. The number of likely N-dealkylation sites (tertiary alicyclic amines) is 1. The number of carbonyl (C=O) groups is 1. The number of hydrogen-bond acceptors (Lipinski definition) is 2. The minimum atomic E-state index is 0. The van der Waals surface area contributed by atoms with Crippen LogP contribution < -0.4 is 5.73 Å². The Kier molecular flexibility index (Phi) is 6.27. The molecule has 3 nitrogen and oxygen atoms in total. The summed E-state index contributed by atoms with van der Waals surface area (Å²) >= 11 is 0. The lowest BCUT2D eigenvalue weighted by Crippen LogP contribution is -2.33. The van der Waals surface area contributed by atoms with Gasteiger partial charge in [0.25, 0.3) is 0 Å². The summed E-state index contributed by atoms with van der Waals surface area (Å²) in [4.78, 5) is 14.5. The molecule has 2 N–H and O–H groups in total. The van der Waals surface area contributed by atoms with Gasteiger partial charge in [0.05, 0.1) is 0 Å². The Labute approximate surface area is 139 Å². The number of nitrogens with zero attached hydrogens (tertiary/aromatic N) is 1. The van der Waals surface area contributed by atoms with Crippen LogP contribution in [0.5, 0.6) is 0 Å². The third-order valence-electron chi connectivity index (χ3n) is 5.13. The zero-order valence-corrected chi connectivity index (χ0v) is 13.9. The van der Waals surface area contributed by atoms with Crippen molar-refractivity contribution in [1.29, 1.82) is 0 Å². The number of amides is 1. The molecular weight excluding hydrogens is 296 g/mol. The minimum Gasteiger partial charge on any atom is -0.340 e. The van der Waals surface area contributed by atoms with Gasteiger partial charge in [-0.2, -0.15) is 0 Å². The van der Waals surface area contributed by atoms with Gasteiger partial charge >= 0.3 is 0 Å². The van der Waals surface area contributed by atoms with Gasteiger partial charge in [-0.1, -0.05) is 49.6 Å². The molecule has 2 atom stereocenters. The van der Waals surface area contributed by atoms with Crippen molar-refractivity contribution >= 4 is 18.3 Å². The lowest BCUT2D eigenvalue weighted by molar-refractivity contribution is -0.131. The van der Waals surface area contributed by atoms with Crippen LogP contribution >= 0.6 is 12.4 Å². The highest BCUT2D eigenvalue weighted by Gasteiger charge is 2.34. The summed E-state index contributed by atoms with van der Waals surface area (Å²) in [7, 11) is 0. The summed E-state index contributed by atoms with van der Waals surface area (Å²) < 4.78 is 0. The molecule has 22 heavy (non-hydrogen) atoms. The molecule has 1 saturated heterocycles. The van der Waals surface area contributed by atoms with Crippen LogP contribution in [-0.2, 0) is 4.79 Å². The first-order chi connectivity index (χ1) is 10.2. The van der Waals surface area contributed by atoms with E-state index in [-0.39, 0.29) is 18.4 Å². The van der Waals surface area contributed by atoms with Crippen LogP contribution in [0.4, 0.5) is 0 Å². The second kappa shape index (κ2) is 7.98. The third kappa shape index (κ3) is 4.02. The molecule has 1 aliphatic carbocycles. The zero-order chi connectivity index (χ0) is 14.7. The van der Waals surface area contributed by atoms with Gasteiger partial charge in [0.15, 0.2) is 0 Å². The number of halogens is 1. The van der Waals surface area contributed by atoms with Crippen molar-refractivity contribution < 1.29 is 4.79 Å². The fourth-order valence-corrected chi connectivity index (χ4v) is 3.85. The van der Waals surface area contributed by atoms with Crippen molar-refractivity contribution in [2.75, 3.05) is 13.1 Å². The van der Waals surface area contributed by atoms with Crippen LogP contribution in [0.2, 0.25) is 0 Å². The quantitative estimate of drug-likeness (QED) is 0.927. The predicted octanol–water partition coefficient (Wildman–Crippen LogP) is 3.33. The molecule has 0 aromatic heterocycles. The Morgan fingerprint density at radius 3 is 2.45 bits per heavy atom. The average molecular weight is 323 g/mol. The molecule has 0 radical (unpaired) electrons. The van der Waals surface area contributed by atoms with E-state index >= 15 is 0 Å². The van der Waals surface area contributed by atoms with Crippen molar-refractivity contribution in [3.05, 3.63) is 35.9 Å². The molecule has 1 aliphatic heterocycles. The maximum absolute atomic E-state index is 12.5. The van der Waals surface area contributed by atoms with Gasteiger partial charge < -0.3 is 10.6 Å². The summed E-state index contributed by atoms with van der Waals surface area (Å²) in [6.07, 6.45) is 7.12. The van der Waals surface area contributed by atoms with Crippen molar-refractivity contribution in [2.45, 2.75) is 50.5 Å². The summed E-state index contributed by atoms with van der Waals surface area (Å²) in [5.41, 5.74) is 7.54. The molecule has 1 aromatic carbocycles. The molecule has 0 unspecified atom stereocenters. The fourth-order valence-electron chi connectivity index (χ4n) is 3.85. The maximum atomic E-state index is 12.5. The van der Waals surface area contributed by atoms with E-state index in [2.05, 4.69) is 24.3 Å². The molecule has 4 heteroatoms. The Hall–Kier alpha value is -1.06. The summed E-state index contributed by atoms with van der Waals surface area (Å²) in [5.74, 6) is 1.22. The third-order valence-corrected chi connectivity index (χ3v) is 5.13. The highest BCUT2D eigenvalue weighted by atomic mass is 35.5. The van der Waals surface area contributed by atoms with Crippen LogP contribution in [0.25, 0.3) is 0 Å². The molecule has 122 valence electrons. The van der Waals surface area contributed by atoms with Gasteiger partial charge in [-0.25, -0.2) is 0 Å². The Bertz CT molecular complexity index is 473. The number of carbonyl (C=O) groups excluding carboxylic acids is 1. The van der Waals surface area contributed by atoms with Crippen molar-refractivity contribution in [3.63, 3.8) is 0 Å². The molecule has 1 amide bonds. The fraction of sp³-hybridized carbons (Fsp3) is 0.611. The first-order valence-corrected chi connectivity index (χ1v) is 8.32. The van der Waals surface area contributed by atoms with Gasteiger partial charge in [-0.3, -0.25) is 4.79 Å². The van der Waals surface area contributed by atoms with Crippen LogP contribution in [0.3, 0.4) is 0 Å². The Balaban J connectivity index is 0.00000176. The maximum Gasteiger partial charge on any atom is 0.222 e. The SMILES string of the molecule is Cl.N[C@@H]1CN(C(=O)CC2CCCCC2)C[C@H]1c1ccccc1. The highest BCUT2D eigenvalue weighted by molar-refractivity contribution is 5.85. The number of hydrogen-bond donors (Lipinski definition) is 1. The van der Waals surface area contributed by atoms with Crippen molar-refractivity contribution in [2.24, 2.45) is 11.7 Å². The van der Waals surface area contributed by atoms with E-state index in [0.29, 0.717) is 24.3 Å². The molecule has 1 saturated carbocycles. The van der Waals surface area contributed by atoms with Crippen molar-refractivity contribution in [3.8, 4) is 0 Å². The molecular formula is C18H27ClN2O. The standard InChI is InChI=1S/C18H26N2O.ClH/c19-17-13-20(12-16(17)15-9-5-2-6-10-15)18(21)11-14-7-3-1-4-8-14;/h2,5-6,9-10,14,16-17H,1,3-4,7-8,11-13,19H2;1H/t16-,17+;/m0./s1. The Morgan fingerprint density at radius 1 is 1.09 bits per heavy atom. The molecule has 3 rings (SSSR count). The molecule has 2 fully saturated rings. The molecule has 1 aromatic rings. The number of benzene rings is 1. The average Bonchev–Trinajstić information content (AvgIpc) is 2.91.